The first-order valence-corrected chi connectivity index (χ1v) is 11.6. The normalized spacial score (nSPS) is 11.7. The summed E-state index contributed by atoms with van der Waals surface area (Å²) in [6, 6.07) is 7.66. The van der Waals surface area contributed by atoms with Crippen LogP contribution in [0.2, 0.25) is 5.02 Å². The summed E-state index contributed by atoms with van der Waals surface area (Å²) >= 11 is 7.45. The lowest BCUT2D eigenvalue weighted by molar-refractivity contribution is 0.102. The summed E-state index contributed by atoms with van der Waals surface area (Å²) in [4.78, 5) is 17.2. The van der Waals surface area contributed by atoms with Crippen LogP contribution in [0.5, 0.6) is 11.5 Å². The molecule has 3 rings (SSSR count). The molecular formula is C19H19ClN2O5S2. The third-order valence-corrected chi connectivity index (χ3v) is 6.18. The van der Waals surface area contributed by atoms with Crippen LogP contribution in [0.25, 0.3) is 10.2 Å². The number of aromatic nitrogens is 1. The van der Waals surface area contributed by atoms with Gasteiger partial charge in [0.15, 0.2) is 26.5 Å². The SMILES string of the molecule is COc1cc(C(=O)Nc2nc3ccc(S(C)(=O)=O)cc3s2)cc(Cl)c1OC(C)C. The van der Waals surface area contributed by atoms with Gasteiger partial charge in [-0.05, 0) is 44.2 Å². The van der Waals surface area contributed by atoms with E-state index >= 15 is 0 Å². The number of thiazole rings is 1. The molecule has 1 N–H and O–H groups in total. The monoisotopic (exact) mass is 454 g/mol. The molecule has 0 saturated carbocycles. The Morgan fingerprint density at radius 1 is 1.24 bits per heavy atom. The molecule has 154 valence electrons. The lowest BCUT2D eigenvalue weighted by Gasteiger charge is -2.16. The molecule has 0 fully saturated rings. The van der Waals surface area contributed by atoms with Crippen LogP contribution in [0.4, 0.5) is 5.13 Å². The number of fused-ring (bicyclic) bond motifs is 1. The number of benzene rings is 2. The molecule has 1 aromatic heterocycles. The third kappa shape index (κ3) is 4.80. The van der Waals surface area contributed by atoms with E-state index in [1.807, 2.05) is 13.8 Å². The summed E-state index contributed by atoms with van der Waals surface area (Å²) in [7, 11) is -1.86. The zero-order valence-electron chi connectivity index (χ0n) is 16.1. The Bertz CT molecular complexity index is 1190. The van der Waals surface area contributed by atoms with Gasteiger partial charge in [0.1, 0.15) is 0 Å². The van der Waals surface area contributed by atoms with Gasteiger partial charge in [-0.2, -0.15) is 0 Å². The fraction of sp³-hybridized carbons (Fsp3) is 0.263. The molecule has 0 radical (unpaired) electrons. The number of rotatable bonds is 6. The van der Waals surface area contributed by atoms with Crippen LogP contribution >= 0.6 is 22.9 Å². The minimum Gasteiger partial charge on any atom is -0.493 e. The van der Waals surface area contributed by atoms with Gasteiger partial charge in [-0.1, -0.05) is 22.9 Å². The van der Waals surface area contributed by atoms with Crippen LogP contribution in [-0.2, 0) is 9.84 Å². The van der Waals surface area contributed by atoms with E-state index in [1.165, 1.54) is 42.7 Å². The van der Waals surface area contributed by atoms with E-state index in [2.05, 4.69) is 10.3 Å². The molecule has 1 heterocycles. The Morgan fingerprint density at radius 2 is 1.97 bits per heavy atom. The van der Waals surface area contributed by atoms with Gasteiger partial charge in [-0.15, -0.1) is 0 Å². The van der Waals surface area contributed by atoms with Gasteiger partial charge in [-0.25, -0.2) is 13.4 Å². The number of nitrogens with zero attached hydrogens (tertiary/aromatic N) is 1. The molecule has 2 aromatic carbocycles. The lowest BCUT2D eigenvalue weighted by atomic mass is 10.2. The van der Waals surface area contributed by atoms with E-state index in [9.17, 15) is 13.2 Å². The van der Waals surface area contributed by atoms with E-state index in [1.54, 1.807) is 6.07 Å². The van der Waals surface area contributed by atoms with E-state index in [-0.39, 0.29) is 21.6 Å². The van der Waals surface area contributed by atoms with Gasteiger partial charge in [0.05, 0.1) is 33.3 Å². The summed E-state index contributed by atoms with van der Waals surface area (Å²) in [6.45, 7) is 3.72. The maximum atomic E-state index is 12.7. The molecule has 3 aromatic rings. The minimum absolute atomic E-state index is 0.111. The van der Waals surface area contributed by atoms with E-state index in [4.69, 9.17) is 21.1 Å². The largest absolute Gasteiger partial charge is 0.493 e. The lowest BCUT2D eigenvalue weighted by Crippen LogP contribution is -2.13. The quantitative estimate of drug-likeness (QED) is 0.593. The van der Waals surface area contributed by atoms with Gasteiger partial charge in [0.2, 0.25) is 0 Å². The first kappa shape index (κ1) is 21.4. The summed E-state index contributed by atoms with van der Waals surface area (Å²) < 4.78 is 35.0. The number of hydrogen-bond donors (Lipinski definition) is 1. The molecule has 0 aliphatic rings. The maximum absolute atomic E-state index is 12.7. The second-order valence-electron chi connectivity index (χ2n) is 6.53. The molecule has 0 bridgehead atoms. The second-order valence-corrected chi connectivity index (χ2v) is 9.98. The summed E-state index contributed by atoms with van der Waals surface area (Å²) in [5.41, 5.74) is 0.869. The van der Waals surface area contributed by atoms with Crippen LogP contribution in [0.3, 0.4) is 0 Å². The van der Waals surface area contributed by atoms with Crippen molar-refractivity contribution >= 4 is 54.0 Å². The number of nitrogens with one attached hydrogen (secondary N) is 1. The molecule has 7 nitrogen and oxygen atoms in total. The average Bonchev–Trinajstić information content (AvgIpc) is 3.03. The highest BCUT2D eigenvalue weighted by molar-refractivity contribution is 7.90. The fourth-order valence-corrected chi connectivity index (χ4v) is 4.44. The molecule has 1 amide bonds. The van der Waals surface area contributed by atoms with Gasteiger partial charge in [0, 0.05) is 11.8 Å². The number of carbonyl (C=O) groups is 1. The number of anilines is 1. The first-order valence-electron chi connectivity index (χ1n) is 8.54. The molecule has 0 aliphatic carbocycles. The van der Waals surface area contributed by atoms with Crippen LogP contribution < -0.4 is 14.8 Å². The van der Waals surface area contributed by atoms with Crippen molar-refractivity contribution in [3.8, 4) is 11.5 Å². The van der Waals surface area contributed by atoms with Gasteiger partial charge in [-0.3, -0.25) is 10.1 Å². The molecule has 0 saturated heterocycles. The maximum Gasteiger partial charge on any atom is 0.257 e. The molecule has 10 heteroatoms. The minimum atomic E-state index is -3.33. The highest BCUT2D eigenvalue weighted by Crippen LogP contribution is 2.37. The van der Waals surface area contributed by atoms with Crippen molar-refractivity contribution in [2.75, 3.05) is 18.7 Å². The Hall–Kier alpha value is -2.36. The van der Waals surface area contributed by atoms with Gasteiger partial charge >= 0.3 is 0 Å². The van der Waals surface area contributed by atoms with Crippen molar-refractivity contribution < 1.29 is 22.7 Å². The molecule has 0 unspecified atom stereocenters. The van der Waals surface area contributed by atoms with Crippen molar-refractivity contribution in [3.05, 3.63) is 40.9 Å². The Balaban J connectivity index is 1.89. The number of halogens is 1. The summed E-state index contributed by atoms with van der Waals surface area (Å²) in [5.74, 6) is 0.288. The smallest absolute Gasteiger partial charge is 0.257 e. The van der Waals surface area contributed by atoms with Crippen molar-refractivity contribution in [2.45, 2.75) is 24.8 Å². The summed E-state index contributed by atoms with van der Waals surface area (Å²) in [5, 5.41) is 3.30. The highest BCUT2D eigenvalue weighted by atomic mass is 35.5. The standard InChI is InChI=1S/C19H19ClN2O5S2/c1-10(2)27-17-13(20)7-11(8-15(17)26-3)18(23)22-19-21-14-6-5-12(29(4,24)25)9-16(14)28-19/h5-10H,1-4H3,(H,21,22,23). The third-order valence-electron chi connectivity index (χ3n) is 3.85. The number of methoxy groups -OCH3 is 1. The van der Waals surface area contributed by atoms with Crippen molar-refractivity contribution in [2.24, 2.45) is 0 Å². The predicted molar refractivity (Wildman–Crippen MR) is 114 cm³/mol. The molecule has 29 heavy (non-hydrogen) atoms. The van der Waals surface area contributed by atoms with Crippen LogP contribution in [0.1, 0.15) is 24.2 Å². The highest BCUT2D eigenvalue weighted by Gasteiger charge is 2.18. The number of ether oxygens (including phenoxy) is 2. The zero-order chi connectivity index (χ0) is 21.3. The van der Waals surface area contributed by atoms with Crippen LogP contribution in [-0.4, -0.2) is 38.8 Å². The van der Waals surface area contributed by atoms with E-state index < -0.39 is 15.7 Å². The number of amides is 1. The van der Waals surface area contributed by atoms with E-state index in [0.29, 0.717) is 26.8 Å². The number of carbonyl (C=O) groups excluding carboxylic acids is 1. The topological polar surface area (TPSA) is 94.6 Å². The van der Waals surface area contributed by atoms with Crippen LogP contribution in [0.15, 0.2) is 35.2 Å². The molecule has 0 aliphatic heterocycles. The van der Waals surface area contributed by atoms with Crippen molar-refractivity contribution in [1.82, 2.24) is 4.98 Å². The van der Waals surface area contributed by atoms with Gasteiger partial charge in [0.25, 0.3) is 5.91 Å². The average molecular weight is 455 g/mol. The van der Waals surface area contributed by atoms with Crippen molar-refractivity contribution in [3.63, 3.8) is 0 Å². The van der Waals surface area contributed by atoms with Gasteiger partial charge < -0.3 is 9.47 Å². The summed E-state index contributed by atoms with van der Waals surface area (Å²) in [6.07, 6.45) is 1.03. The number of hydrogen-bond acceptors (Lipinski definition) is 7. The Labute approximate surface area is 177 Å². The Kier molecular flexibility index (Phi) is 6.02. The first-order chi connectivity index (χ1) is 13.6. The predicted octanol–water partition coefficient (Wildman–Crippen LogP) is 4.40. The number of sulfone groups is 1. The van der Waals surface area contributed by atoms with E-state index in [0.717, 1.165) is 6.26 Å². The van der Waals surface area contributed by atoms with Crippen molar-refractivity contribution in [1.29, 1.82) is 0 Å². The molecular weight excluding hydrogens is 436 g/mol. The Morgan fingerprint density at radius 3 is 2.59 bits per heavy atom. The molecule has 0 atom stereocenters. The fourth-order valence-electron chi connectivity index (χ4n) is 2.56. The van der Waals surface area contributed by atoms with Crippen LogP contribution in [0, 0.1) is 0 Å². The molecule has 0 spiro atoms. The zero-order valence-corrected chi connectivity index (χ0v) is 18.5. The second kappa shape index (κ2) is 8.17.